The fourth-order valence-corrected chi connectivity index (χ4v) is 4.88. The first-order valence-electron chi connectivity index (χ1n) is 9.74. The predicted molar refractivity (Wildman–Crippen MR) is 94.6 cm³/mol. The second-order valence-corrected chi connectivity index (χ2v) is 8.38. The van der Waals surface area contributed by atoms with Crippen LogP contribution >= 0.6 is 0 Å². The van der Waals surface area contributed by atoms with Gasteiger partial charge in [-0.25, -0.2) is 0 Å². The number of rotatable bonds is 3. The highest BCUT2D eigenvalue weighted by Crippen LogP contribution is 2.51. The van der Waals surface area contributed by atoms with E-state index in [1.807, 2.05) is 23.6 Å². The highest BCUT2D eigenvalue weighted by molar-refractivity contribution is 6.02. The van der Waals surface area contributed by atoms with Crippen LogP contribution in [0.2, 0.25) is 0 Å². The Kier molecular flexibility index (Phi) is 4.92. The molecule has 2 heterocycles. The summed E-state index contributed by atoms with van der Waals surface area (Å²) < 4.78 is 0. The largest absolute Gasteiger partial charge is 0.338 e. The Balaban J connectivity index is 1.74. The standard InChI is InChI=1S/C19H33N3O2/c1-14(2)20-10-12-21(13-11-20)17(23)16-19(8-6-5-7-9-19)18(24)22(16)15(3)4/h14-16H,5-13H2,1-4H3. The first-order chi connectivity index (χ1) is 11.4. The molecule has 0 radical (unpaired) electrons. The van der Waals surface area contributed by atoms with Gasteiger partial charge < -0.3 is 9.80 Å². The van der Waals surface area contributed by atoms with Crippen molar-refractivity contribution in [2.45, 2.75) is 77.9 Å². The molecule has 0 aromatic rings. The van der Waals surface area contributed by atoms with Gasteiger partial charge in [0.2, 0.25) is 11.8 Å². The van der Waals surface area contributed by atoms with Crippen LogP contribution in [0.4, 0.5) is 0 Å². The highest BCUT2D eigenvalue weighted by Gasteiger charge is 2.64. The van der Waals surface area contributed by atoms with Crippen molar-refractivity contribution in [2.24, 2.45) is 5.41 Å². The fourth-order valence-electron chi connectivity index (χ4n) is 4.88. The van der Waals surface area contributed by atoms with Gasteiger partial charge in [0, 0.05) is 38.3 Å². The zero-order valence-corrected chi connectivity index (χ0v) is 15.8. The monoisotopic (exact) mass is 335 g/mol. The Labute approximate surface area is 146 Å². The molecule has 2 saturated heterocycles. The van der Waals surface area contributed by atoms with Gasteiger partial charge in [-0.1, -0.05) is 19.3 Å². The number of hydrogen-bond donors (Lipinski definition) is 0. The first kappa shape index (κ1) is 17.7. The lowest BCUT2D eigenvalue weighted by Gasteiger charge is -2.59. The van der Waals surface area contributed by atoms with Crippen LogP contribution in [0.25, 0.3) is 0 Å². The lowest BCUT2D eigenvalue weighted by molar-refractivity contribution is -0.190. The zero-order chi connectivity index (χ0) is 17.5. The van der Waals surface area contributed by atoms with Crippen LogP contribution in [0.5, 0.6) is 0 Å². The number of carbonyl (C=O) groups is 2. The van der Waals surface area contributed by atoms with Crippen LogP contribution in [0.3, 0.4) is 0 Å². The van der Waals surface area contributed by atoms with Gasteiger partial charge in [0.25, 0.3) is 0 Å². The van der Waals surface area contributed by atoms with Crippen molar-refractivity contribution in [2.75, 3.05) is 26.2 Å². The number of hydrogen-bond acceptors (Lipinski definition) is 3. The summed E-state index contributed by atoms with van der Waals surface area (Å²) in [7, 11) is 0. The maximum atomic E-state index is 13.3. The summed E-state index contributed by atoms with van der Waals surface area (Å²) in [5.41, 5.74) is -0.380. The minimum atomic E-state index is -0.380. The second-order valence-electron chi connectivity index (χ2n) is 8.38. The molecule has 1 unspecified atom stereocenters. The molecule has 1 saturated carbocycles. The fraction of sp³-hybridized carbons (Fsp3) is 0.895. The summed E-state index contributed by atoms with van der Waals surface area (Å²) in [6.45, 7) is 12.0. The van der Waals surface area contributed by atoms with E-state index in [0.717, 1.165) is 51.9 Å². The van der Waals surface area contributed by atoms with Crippen molar-refractivity contribution in [3.63, 3.8) is 0 Å². The molecule has 24 heavy (non-hydrogen) atoms. The number of nitrogens with zero attached hydrogens (tertiary/aromatic N) is 3. The molecule has 0 aromatic carbocycles. The molecule has 3 fully saturated rings. The van der Waals surface area contributed by atoms with Crippen LogP contribution in [-0.4, -0.2) is 70.8 Å². The Morgan fingerprint density at radius 3 is 2.04 bits per heavy atom. The van der Waals surface area contributed by atoms with E-state index in [9.17, 15) is 9.59 Å². The van der Waals surface area contributed by atoms with Crippen LogP contribution < -0.4 is 0 Å². The van der Waals surface area contributed by atoms with Crippen LogP contribution in [0, 0.1) is 5.41 Å². The number of carbonyl (C=O) groups excluding carboxylic acids is 2. The van der Waals surface area contributed by atoms with E-state index in [1.54, 1.807) is 0 Å². The lowest BCUT2D eigenvalue weighted by Crippen LogP contribution is -2.76. The molecule has 5 heteroatoms. The molecule has 0 aromatic heterocycles. The van der Waals surface area contributed by atoms with E-state index in [4.69, 9.17) is 0 Å². The van der Waals surface area contributed by atoms with Gasteiger partial charge in [-0.3, -0.25) is 14.5 Å². The highest BCUT2D eigenvalue weighted by atomic mass is 16.2. The SMILES string of the molecule is CC(C)N1CCN(C(=O)C2N(C(C)C)C(=O)C23CCCCC3)CC1. The second kappa shape index (κ2) is 6.66. The van der Waals surface area contributed by atoms with Crippen LogP contribution in [0.15, 0.2) is 0 Å². The van der Waals surface area contributed by atoms with Crippen molar-refractivity contribution in [3.05, 3.63) is 0 Å². The van der Waals surface area contributed by atoms with E-state index in [-0.39, 0.29) is 29.3 Å². The van der Waals surface area contributed by atoms with Gasteiger partial charge >= 0.3 is 0 Å². The summed E-state index contributed by atoms with van der Waals surface area (Å²) in [5, 5.41) is 0. The molecule has 1 aliphatic carbocycles. The number of β-lactam (4-membered cyclic amide) rings is 1. The topological polar surface area (TPSA) is 43.9 Å². The third-order valence-corrected chi connectivity index (χ3v) is 6.35. The zero-order valence-electron chi connectivity index (χ0n) is 15.8. The van der Waals surface area contributed by atoms with Crippen molar-refractivity contribution in [3.8, 4) is 0 Å². The van der Waals surface area contributed by atoms with E-state index >= 15 is 0 Å². The average molecular weight is 335 g/mol. The normalized spacial score (nSPS) is 27.9. The van der Waals surface area contributed by atoms with E-state index < -0.39 is 0 Å². The average Bonchev–Trinajstić information content (AvgIpc) is 2.58. The third-order valence-electron chi connectivity index (χ3n) is 6.35. The van der Waals surface area contributed by atoms with Crippen molar-refractivity contribution in [1.29, 1.82) is 0 Å². The van der Waals surface area contributed by atoms with Gasteiger partial charge in [-0.05, 0) is 40.5 Å². The number of piperazine rings is 1. The molecule has 3 aliphatic rings. The number of likely N-dealkylation sites (tertiary alicyclic amines) is 1. The summed E-state index contributed by atoms with van der Waals surface area (Å²) in [6.07, 6.45) is 5.17. The molecular weight excluding hydrogens is 302 g/mol. The molecule has 1 atom stereocenters. The Hall–Kier alpha value is -1.10. The molecule has 3 rings (SSSR count). The summed E-state index contributed by atoms with van der Waals surface area (Å²) >= 11 is 0. The molecule has 5 nitrogen and oxygen atoms in total. The van der Waals surface area contributed by atoms with Gasteiger partial charge in [0.1, 0.15) is 6.04 Å². The predicted octanol–water partition coefficient (Wildman–Crippen LogP) is 2.11. The van der Waals surface area contributed by atoms with E-state index in [1.165, 1.54) is 6.42 Å². The van der Waals surface area contributed by atoms with Gasteiger partial charge in [0.05, 0.1) is 5.41 Å². The molecular formula is C19H33N3O2. The quantitative estimate of drug-likeness (QED) is 0.742. The summed E-state index contributed by atoms with van der Waals surface area (Å²) in [5.74, 6) is 0.435. The molecule has 1 spiro atoms. The van der Waals surface area contributed by atoms with Crippen molar-refractivity contribution < 1.29 is 9.59 Å². The molecule has 0 bridgehead atoms. The molecule has 0 N–H and O–H groups in total. The van der Waals surface area contributed by atoms with Gasteiger partial charge in [-0.2, -0.15) is 0 Å². The Morgan fingerprint density at radius 2 is 1.54 bits per heavy atom. The first-order valence-corrected chi connectivity index (χ1v) is 9.74. The Bertz CT molecular complexity index is 489. The smallest absolute Gasteiger partial charge is 0.246 e. The minimum absolute atomic E-state index is 0.107. The maximum Gasteiger partial charge on any atom is 0.246 e. The molecule has 2 amide bonds. The summed E-state index contributed by atoms with van der Waals surface area (Å²) in [6, 6.07) is 0.427. The minimum Gasteiger partial charge on any atom is -0.338 e. The van der Waals surface area contributed by atoms with Gasteiger partial charge in [-0.15, -0.1) is 0 Å². The number of amides is 2. The third kappa shape index (κ3) is 2.75. The maximum absolute atomic E-state index is 13.3. The van der Waals surface area contributed by atoms with E-state index in [0.29, 0.717) is 6.04 Å². The van der Waals surface area contributed by atoms with E-state index in [2.05, 4.69) is 18.7 Å². The van der Waals surface area contributed by atoms with Crippen molar-refractivity contribution >= 4 is 11.8 Å². The lowest BCUT2D eigenvalue weighted by atomic mass is 9.61. The van der Waals surface area contributed by atoms with Crippen molar-refractivity contribution in [1.82, 2.24) is 14.7 Å². The van der Waals surface area contributed by atoms with Crippen LogP contribution in [-0.2, 0) is 9.59 Å². The van der Waals surface area contributed by atoms with Crippen LogP contribution in [0.1, 0.15) is 59.8 Å². The van der Waals surface area contributed by atoms with Gasteiger partial charge in [0.15, 0.2) is 0 Å². The Morgan fingerprint density at radius 1 is 0.958 bits per heavy atom. The molecule has 2 aliphatic heterocycles. The summed E-state index contributed by atoms with van der Waals surface area (Å²) in [4.78, 5) is 32.5. The molecule has 136 valence electrons.